The Hall–Kier alpha value is -2.74. The Labute approximate surface area is 118 Å². The van der Waals surface area contributed by atoms with Gasteiger partial charge in [0.2, 0.25) is 0 Å². The van der Waals surface area contributed by atoms with Gasteiger partial charge in [-0.05, 0) is 24.3 Å². The third kappa shape index (κ3) is 3.86. The molecule has 6 nitrogen and oxygen atoms in total. The minimum atomic E-state index is -2.98. The Morgan fingerprint density at radius 1 is 1.19 bits per heavy atom. The van der Waals surface area contributed by atoms with E-state index in [1.807, 2.05) is 0 Å². The van der Waals surface area contributed by atoms with E-state index in [1.165, 1.54) is 24.3 Å². The molecule has 21 heavy (non-hydrogen) atoms. The van der Waals surface area contributed by atoms with Gasteiger partial charge in [0.1, 0.15) is 17.3 Å². The van der Waals surface area contributed by atoms with E-state index >= 15 is 0 Å². The van der Waals surface area contributed by atoms with Gasteiger partial charge in [-0.3, -0.25) is 4.79 Å². The first-order valence-corrected chi connectivity index (χ1v) is 5.89. The number of amides is 1. The second-order valence-electron chi connectivity index (χ2n) is 3.88. The van der Waals surface area contributed by atoms with Crippen LogP contribution < -0.4 is 21.3 Å². The molecular formula is C13H12F2N4O2. The summed E-state index contributed by atoms with van der Waals surface area (Å²) in [5, 5.41) is 2.46. The molecule has 1 aromatic heterocycles. The highest BCUT2D eigenvalue weighted by Crippen LogP contribution is 2.25. The number of carbonyl (C=O) groups is 1. The molecule has 0 saturated heterocycles. The number of ether oxygens (including phenoxy) is 1. The number of alkyl halides is 2. The van der Waals surface area contributed by atoms with Gasteiger partial charge in [0.15, 0.2) is 0 Å². The molecule has 0 saturated carbocycles. The molecule has 0 aliphatic carbocycles. The Morgan fingerprint density at radius 2 is 1.95 bits per heavy atom. The van der Waals surface area contributed by atoms with E-state index in [2.05, 4.69) is 20.5 Å². The fourth-order valence-corrected chi connectivity index (χ4v) is 1.60. The number of hydrogen-bond donors (Lipinski definition) is 3. The average Bonchev–Trinajstić information content (AvgIpc) is 2.48. The van der Waals surface area contributed by atoms with E-state index < -0.39 is 12.5 Å². The van der Waals surface area contributed by atoms with Gasteiger partial charge in [-0.25, -0.2) is 10.8 Å². The minimum absolute atomic E-state index is 0.0808. The first-order valence-electron chi connectivity index (χ1n) is 5.89. The average molecular weight is 294 g/mol. The fourth-order valence-electron chi connectivity index (χ4n) is 1.60. The first kappa shape index (κ1) is 14.7. The molecule has 0 fully saturated rings. The van der Waals surface area contributed by atoms with Crippen LogP contribution >= 0.6 is 0 Å². The van der Waals surface area contributed by atoms with Crippen molar-refractivity contribution in [1.29, 1.82) is 0 Å². The van der Waals surface area contributed by atoms with Crippen LogP contribution in [0.3, 0.4) is 0 Å². The second-order valence-corrected chi connectivity index (χ2v) is 3.88. The number of rotatable bonds is 5. The van der Waals surface area contributed by atoms with Crippen molar-refractivity contribution < 1.29 is 18.3 Å². The molecule has 0 bridgehead atoms. The highest BCUT2D eigenvalue weighted by Gasteiger charge is 2.13. The lowest BCUT2D eigenvalue weighted by molar-refractivity contribution is -0.0493. The van der Waals surface area contributed by atoms with Gasteiger partial charge in [-0.1, -0.05) is 18.2 Å². The molecule has 0 atom stereocenters. The summed E-state index contributed by atoms with van der Waals surface area (Å²) in [4.78, 5) is 16.0. The number of nitrogens with two attached hydrogens (primary N) is 1. The molecule has 2 rings (SSSR count). The summed E-state index contributed by atoms with van der Waals surface area (Å²) in [6.45, 7) is -2.98. The number of aromatic nitrogens is 1. The van der Waals surface area contributed by atoms with Crippen LogP contribution in [0.1, 0.15) is 10.5 Å². The summed E-state index contributed by atoms with van der Waals surface area (Å²) >= 11 is 0. The van der Waals surface area contributed by atoms with Gasteiger partial charge in [0.25, 0.3) is 5.91 Å². The number of benzene rings is 1. The maximum atomic E-state index is 12.3. The first-order chi connectivity index (χ1) is 10.1. The number of hydrogen-bond acceptors (Lipinski definition) is 5. The zero-order valence-corrected chi connectivity index (χ0v) is 10.7. The quantitative estimate of drug-likeness (QED) is 0.581. The van der Waals surface area contributed by atoms with Gasteiger partial charge in [0.05, 0.1) is 5.69 Å². The molecule has 4 N–H and O–H groups in total. The third-order valence-corrected chi connectivity index (χ3v) is 2.48. The van der Waals surface area contributed by atoms with Crippen molar-refractivity contribution in [3.63, 3.8) is 0 Å². The van der Waals surface area contributed by atoms with Crippen LogP contribution in [0.25, 0.3) is 0 Å². The van der Waals surface area contributed by atoms with Gasteiger partial charge in [-0.2, -0.15) is 8.78 Å². The summed E-state index contributed by atoms with van der Waals surface area (Å²) in [7, 11) is 0. The summed E-state index contributed by atoms with van der Waals surface area (Å²) in [5.41, 5.74) is 2.51. The predicted molar refractivity (Wildman–Crippen MR) is 73.1 cm³/mol. The topological polar surface area (TPSA) is 89.3 Å². The number of nitrogens with one attached hydrogen (secondary N) is 2. The van der Waals surface area contributed by atoms with Gasteiger partial charge in [-0.15, -0.1) is 0 Å². The van der Waals surface area contributed by atoms with Crippen LogP contribution in [0, 0.1) is 0 Å². The van der Waals surface area contributed by atoms with E-state index in [0.29, 0.717) is 5.82 Å². The van der Waals surface area contributed by atoms with E-state index in [1.54, 1.807) is 18.2 Å². The molecular weight excluding hydrogens is 282 g/mol. The molecule has 110 valence electrons. The molecule has 1 aromatic carbocycles. The largest absolute Gasteiger partial charge is 0.433 e. The SMILES string of the molecule is NNc1cccc(C(=O)Nc2ccccc2OC(F)F)n1. The predicted octanol–water partition coefficient (Wildman–Crippen LogP) is 2.22. The van der Waals surface area contributed by atoms with Crippen molar-refractivity contribution in [2.75, 3.05) is 10.7 Å². The zero-order valence-electron chi connectivity index (χ0n) is 10.7. The number of para-hydroxylation sites is 2. The summed E-state index contributed by atoms with van der Waals surface area (Å²) in [6, 6.07) is 10.5. The Kier molecular flexibility index (Phi) is 4.62. The van der Waals surface area contributed by atoms with Crippen LogP contribution in [0.5, 0.6) is 5.75 Å². The maximum Gasteiger partial charge on any atom is 0.387 e. The normalized spacial score (nSPS) is 10.3. The Balaban J connectivity index is 2.19. The van der Waals surface area contributed by atoms with Crippen LogP contribution in [-0.2, 0) is 0 Å². The smallest absolute Gasteiger partial charge is 0.387 e. The number of nitrogen functional groups attached to an aromatic ring is 1. The van der Waals surface area contributed by atoms with Crippen LogP contribution in [-0.4, -0.2) is 17.5 Å². The molecule has 1 heterocycles. The third-order valence-electron chi connectivity index (χ3n) is 2.48. The van der Waals surface area contributed by atoms with Gasteiger partial charge >= 0.3 is 6.61 Å². The van der Waals surface area contributed by atoms with E-state index in [0.717, 1.165) is 0 Å². The molecule has 0 unspecified atom stereocenters. The van der Waals surface area contributed by atoms with Crippen LogP contribution in [0.4, 0.5) is 20.3 Å². The highest BCUT2D eigenvalue weighted by atomic mass is 19.3. The standard InChI is InChI=1S/C13H12F2N4O2/c14-13(15)21-10-6-2-1-4-8(10)18-12(20)9-5-3-7-11(17-9)19-16/h1-7,13H,16H2,(H,17,19)(H,18,20). The van der Waals surface area contributed by atoms with Gasteiger partial charge in [0, 0.05) is 0 Å². The second kappa shape index (κ2) is 6.62. The monoisotopic (exact) mass is 294 g/mol. The molecule has 0 aliphatic rings. The Bertz CT molecular complexity index is 637. The lowest BCUT2D eigenvalue weighted by Crippen LogP contribution is -2.17. The fraction of sp³-hybridized carbons (Fsp3) is 0.0769. The van der Waals surface area contributed by atoms with Crippen molar-refractivity contribution in [3.8, 4) is 5.75 Å². The van der Waals surface area contributed by atoms with Crippen molar-refractivity contribution in [2.45, 2.75) is 6.61 Å². The zero-order chi connectivity index (χ0) is 15.2. The highest BCUT2D eigenvalue weighted by molar-refractivity contribution is 6.03. The number of halogens is 2. The Morgan fingerprint density at radius 3 is 2.67 bits per heavy atom. The van der Waals surface area contributed by atoms with Crippen molar-refractivity contribution >= 4 is 17.4 Å². The summed E-state index contributed by atoms with van der Waals surface area (Å²) in [5.74, 6) is 4.81. The van der Waals surface area contributed by atoms with Gasteiger partial charge < -0.3 is 15.5 Å². The van der Waals surface area contributed by atoms with Crippen LogP contribution in [0.2, 0.25) is 0 Å². The molecule has 0 spiro atoms. The number of hydrazine groups is 1. The number of carbonyl (C=O) groups excluding carboxylic acids is 1. The number of pyridine rings is 1. The summed E-state index contributed by atoms with van der Waals surface area (Å²) in [6.07, 6.45) is 0. The number of nitrogens with zero attached hydrogens (tertiary/aromatic N) is 1. The molecule has 2 aromatic rings. The van der Waals surface area contributed by atoms with Crippen molar-refractivity contribution in [1.82, 2.24) is 4.98 Å². The molecule has 0 aliphatic heterocycles. The van der Waals surface area contributed by atoms with Crippen molar-refractivity contribution in [2.24, 2.45) is 5.84 Å². The van der Waals surface area contributed by atoms with Crippen molar-refractivity contribution in [3.05, 3.63) is 48.2 Å². The molecule has 1 amide bonds. The maximum absolute atomic E-state index is 12.3. The molecule has 0 radical (unpaired) electrons. The van der Waals surface area contributed by atoms with E-state index in [9.17, 15) is 13.6 Å². The van der Waals surface area contributed by atoms with Crippen LogP contribution in [0.15, 0.2) is 42.5 Å². The van der Waals surface area contributed by atoms with E-state index in [4.69, 9.17) is 5.84 Å². The minimum Gasteiger partial charge on any atom is -0.433 e. The number of anilines is 2. The van der Waals surface area contributed by atoms with E-state index in [-0.39, 0.29) is 17.1 Å². The molecule has 8 heteroatoms. The lowest BCUT2D eigenvalue weighted by Gasteiger charge is -2.11. The lowest BCUT2D eigenvalue weighted by atomic mass is 10.2. The summed E-state index contributed by atoms with van der Waals surface area (Å²) < 4.78 is 28.9.